The minimum absolute atomic E-state index is 0.0188. The summed E-state index contributed by atoms with van der Waals surface area (Å²) in [6.45, 7) is 3.66. The second-order valence-corrected chi connectivity index (χ2v) is 6.81. The van der Waals surface area contributed by atoms with E-state index in [-0.39, 0.29) is 5.91 Å². The minimum Gasteiger partial charge on any atom is -0.457 e. The Hall–Kier alpha value is -3.45. The fourth-order valence-corrected chi connectivity index (χ4v) is 3.22. The van der Waals surface area contributed by atoms with Crippen molar-refractivity contribution in [3.63, 3.8) is 0 Å². The van der Waals surface area contributed by atoms with Crippen molar-refractivity contribution in [2.45, 2.75) is 0 Å². The van der Waals surface area contributed by atoms with Crippen molar-refractivity contribution < 1.29 is 9.53 Å². The number of amides is 1. The third kappa shape index (κ3) is 5.30. The van der Waals surface area contributed by atoms with Crippen LogP contribution in [-0.4, -0.2) is 53.5 Å². The van der Waals surface area contributed by atoms with E-state index >= 15 is 0 Å². The lowest BCUT2D eigenvalue weighted by atomic mass is 10.2. The van der Waals surface area contributed by atoms with Crippen LogP contribution in [0.15, 0.2) is 73.2 Å². The van der Waals surface area contributed by atoms with Gasteiger partial charge in [-0.05, 0) is 36.4 Å². The number of nitrogens with one attached hydrogen (secondary N) is 1. The van der Waals surface area contributed by atoms with Crippen LogP contribution in [-0.2, 0) is 4.79 Å². The molecule has 4 rings (SSSR count). The standard InChI is InChI=1S/C22H23N5O2/c28-22(17-26-12-14-27(15-13-26)21-16-23-10-11-24-21)25-18-6-8-20(9-7-18)29-19-4-2-1-3-5-19/h1-11,16H,12-15,17H2,(H,25,28). The molecule has 0 atom stereocenters. The monoisotopic (exact) mass is 389 g/mol. The average molecular weight is 389 g/mol. The maximum absolute atomic E-state index is 12.4. The van der Waals surface area contributed by atoms with Crippen LogP contribution in [0, 0.1) is 0 Å². The van der Waals surface area contributed by atoms with E-state index in [4.69, 9.17) is 4.74 Å². The SMILES string of the molecule is O=C(CN1CCN(c2cnccn2)CC1)Nc1ccc(Oc2ccccc2)cc1. The highest BCUT2D eigenvalue weighted by atomic mass is 16.5. The Morgan fingerprint density at radius 1 is 0.931 bits per heavy atom. The Kier molecular flexibility index (Phi) is 5.97. The number of aromatic nitrogens is 2. The van der Waals surface area contributed by atoms with Crippen LogP contribution < -0.4 is 15.0 Å². The van der Waals surface area contributed by atoms with Crippen molar-refractivity contribution in [2.75, 3.05) is 42.9 Å². The number of para-hydroxylation sites is 1. The van der Waals surface area contributed by atoms with E-state index in [2.05, 4.69) is 25.1 Å². The van der Waals surface area contributed by atoms with Gasteiger partial charge in [0, 0.05) is 44.3 Å². The molecule has 0 saturated carbocycles. The molecule has 7 heteroatoms. The van der Waals surface area contributed by atoms with E-state index in [1.54, 1.807) is 18.6 Å². The van der Waals surface area contributed by atoms with Crippen molar-refractivity contribution in [3.05, 3.63) is 73.2 Å². The topological polar surface area (TPSA) is 70.6 Å². The summed E-state index contributed by atoms with van der Waals surface area (Å²) < 4.78 is 5.77. The molecule has 0 bridgehead atoms. The molecule has 0 radical (unpaired) electrons. The minimum atomic E-state index is -0.0188. The van der Waals surface area contributed by atoms with E-state index in [9.17, 15) is 4.79 Å². The molecule has 1 aliphatic heterocycles. The van der Waals surface area contributed by atoms with Crippen LogP contribution in [0.2, 0.25) is 0 Å². The van der Waals surface area contributed by atoms with Crippen LogP contribution in [0.4, 0.5) is 11.5 Å². The fourth-order valence-electron chi connectivity index (χ4n) is 3.22. The molecule has 2 aromatic carbocycles. The zero-order valence-corrected chi connectivity index (χ0v) is 16.1. The van der Waals surface area contributed by atoms with Crippen molar-refractivity contribution in [1.82, 2.24) is 14.9 Å². The number of hydrogen-bond donors (Lipinski definition) is 1. The van der Waals surface area contributed by atoms with Gasteiger partial charge < -0.3 is 15.0 Å². The van der Waals surface area contributed by atoms with E-state index < -0.39 is 0 Å². The average Bonchev–Trinajstić information content (AvgIpc) is 2.77. The smallest absolute Gasteiger partial charge is 0.238 e. The molecule has 2 heterocycles. The predicted octanol–water partition coefficient (Wildman–Crippen LogP) is 3.03. The quantitative estimate of drug-likeness (QED) is 0.699. The summed E-state index contributed by atoms with van der Waals surface area (Å²) in [6, 6.07) is 17.0. The lowest BCUT2D eigenvalue weighted by molar-refractivity contribution is -0.117. The van der Waals surface area contributed by atoms with Crippen molar-refractivity contribution in [2.24, 2.45) is 0 Å². The molecule has 29 heavy (non-hydrogen) atoms. The largest absolute Gasteiger partial charge is 0.457 e. The summed E-state index contributed by atoms with van der Waals surface area (Å²) >= 11 is 0. The van der Waals surface area contributed by atoms with Crippen molar-refractivity contribution in [1.29, 1.82) is 0 Å². The maximum atomic E-state index is 12.4. The van der Waals surface area contributed by atoms with Crippen LogP contribution in [0.1, 0.15) is 0 Å². The first-order chi connectivity index (χ1) is 14.3. The van der Waals surface area contributed by atoms with E-state index in [1.165, 1.54) is 0 Å². The number of benzene rings is 2. The summed E-state index contributed by atoms with van der Waals surface area (Å²) in [6.07, 6.45) is 5.14. The van der Waals surface area contributed by atoms with Gasteiger partial charge in [0.2, 0.25) is 5.91 Å². The highest BCUT2D eigenvalue weighted by Crippen LogP contribution is 2.22. The summed E-state index contributed by atoms with van der Waals surface area (Å²) in [7, 11) is 0. The lowest BCUT2D eigenvalue weighted by Gasteiger charge is -2.34. The Bertz CT molecular complexity index is 911. The van der Waals surface area contributed by atoms with Crippen molar-refractivity contribution in [3.8, 4) is 11.5 Å². The van der Waals surface area contributed by atoms with Gasteiger partial charge in [-0.3, -0.25) is 14.7 Å². The first-order valence-electron chi connectivity index (χ1n) is 9.62. The summed E-state index contributed by atoms with van der Waals surface area (Å²) in [5.74, 6) is 2.38. The Morgan fingerprint density at radius 2 is 1.66 bits per heavy atom. The molecule has 148 valence electrons. The fraction of sp³-hybridized carbons (Fsp3) is 0.227. The van der Waals surface area contributed by atoms with Crippen LogP contribution >= 0.6 is 0 Å². The van der Waals surface area contributed by atoms with Crippen molar-refractivity contribution >= 4 is 17.4 Å². The highest BCUT2D eigenvalue weighted by molar-refractivity contribution is 5.92. The molecular formula is C22H23N5O2. The number of anilines is 2. The Balaban J connectivity index is 1.24. The zero-order valence-electron chi connectivity index (χ0n) is 16.1. The Labute approximate surface area is 170 Å². The van der Waals surface area contributed by atoms with Gasteiger partial charge in [-0.15, -0.1) is 0 Å². The maximum Gasteiger partial charge on any atom is 0.238 e. The molecule has 1 amide bonds. The van der Waals surface area contributed by atoms with Gasteiger partial charge in [0.15, 0.2) is 0 Å². The van der Waals surface area contributed by atoms with Crippen LogP contribution in [0.5, 0.6) is 11.5 Å². The van der Waals surface area contributed by atoms with Gasteiger partial charge in [-0.2, -0.15) is 0 Å². The molecule has 1 N–H and O–H groups in total. The number of rotatable bonds is 6. The third-order valence-electron chi connectivity index (χ3n) is 4.73. The normalized spacial score (nSPS) is 14.4. The van der Waals surface area contributed by atoms with Gasteiger partial charge in [0.1, 0.15) is 17.3 Å². The molecule has 1 saturated heterocycles. The molecule has 0 spiro atoms. The lowest BCUT2D eigenvalue weighted by Crippen LogP contribution is -2.48. The molecule has 1 fully saturated rings. The third-order valence-corrected chi connectivity index (χ3v) is 4.73. The van der Waals surface area contributed by atoms with Gasteiger partial charge in [-0.25, -0.2) is 4.98 Å². The molecule has 1 aliphatic rings. The second-order valence-electron chi connectivity index (χ2n) is 6.81. The highest BCUT2D eigenvalue weighted by Gasteiger charge is 2.20. The van der Waals surface area contributed by atoms with E-state index in [0.29, 0.717) is 6.54 Å². The number of piperazine rings is 1. The number of ether oxygens (including phenoxy) is 1. The number of hydrogen-bond acceptors (Lipinski definition) is 6. The molecule has 0 aliphatic carbocycles. The molecular weight excluding hydrogens is 366 g/mol. The predicted molar refractivity (Wildman–Crippen MR) is 112 cm³/mol. The number of carbonyl (C=O) groups excluding carboxylic acids is 1. The second kappa shape index (κ2) is 9.16. The van der Waals surface area contributed by atoms with E-state index in [0.717, 1.165) is 49.2 Å². The summed E-state index contributed by atoms with van der Waals surface area (Å²) in [5, 5.41) is 2.95. The van der Waals surface area contributed by atoms with Gasteiger partial charge >= 0.3 is 0 Å². The van der Waals surface area contributed by atoms with Gasteiger partial charge in [-0.1, -0.05) is 18.2 Å². The molecule has 1 aromatic heterocycles. The van der Waals surface area contributed by atoms with E-state index in [1.807, 2.05) is 54.6 Å². The van der Waals surface area contributed by atoms with Gasteiger partial charge in [0.25, 0.3) is 0 Å². The first-order valence-corrected chi connectivity index (χ1v) is 9.62. The summed E-state index contributed by atoms with van der Waals surface area (Å²) in [4.78, 5) is 25.2. The number of nitrogens with zero attached hydrogens (tertiary/aromatic N) is 4. The Morgan fingerprint density at radius 3 is 2.34 bits per heavy atom. The first kappa shape index (κ1) is 18.9. The molecule has 7 nitrogen and oxygen atoms in total. The zero-order chi connectivity index (χ0) is 19.9. The molecule has 3 aromatic rings. The molecule has 0 unspecified atom stereocenters. The van der Waals surface area contributed by atoms with Gasteiger partial charge in [0.05, 0.1) is 12.7 Å². The number of carbonyl (C=O) groups is 1. The summed E-state index contributed by atoms with van der Waals surface area (Å²) in [5.41, 5.74) is 0.758. The van der Waals surface area contributed by atoms with Crippen LogP contribution in [0.3, 0.4) is 0 Å². The van der Waals surface area contributed by atoms with Crippen LogP contribution in [0.25, 0.3) is 0 Å².